The van der Waals surface area contributed by atoms with Gasteiger partial charge in [0.1, 0.15) is 0 Å². The Bertz CT molecular complexity index is 752. The second kappa shape index (κ2) is 8.33. The predicted octanol–water partition coefficient (Wildman–Crippen LogP) is 3.00. The van der Waals surface area contributed by atoms with Gasteiger partial charge in [0.25, 0.3) is 5.91 Å². The lowest BCUT2D eigenvalue weighted by Crippen LogP contribution is -2.34. The lowest BCUT2D eigenvalue weighted by atomic mass is 10.1. The van der Waals surface area contributed by atoms with E-state index in [1.165, 1.54) is 16.0 Å². The van der Waals surface area contributed by atoms with E-state index in [9.17, 15) is 9.59 Å². The molecule has 2 rings (SSSR count). The molecule has 0 aliphatic rings. The maximum atomic E-state index is 11.9. The van der Waals surface area contributed by atoms with Gasteiger partial charge in [0.2, 0.25) is 0 Å². The third-order valence-corrected chi connectivity index (χ3v) is 4.00. The van der Waals surface area contributed by atoms with Crippen LogP contribution in [0.15, 0.2) is 42.5 Å². The summed E-state index contributed by atoms with van der Waals surface area (Å²) >= 11 is 0. The van der Waals surface area contributed by atoms with Gasteiger partial charge in [-0.15, -0.1) is 0 Å². The Morgan fingerprint density at radius 1 is 0.920 bits per heavy atom. The lowest BCUT2D eigenvalue weighted by molar-refractivity contribution is 0.0827. The minimum Gasteiger partial charge on any atom is -0.345 e. The lowest BCUT2D eigenvalue weighted by Gasteiger charge is -2.12. The monoisotopic (exact) mass is 339 g/mol. The molecule has 0 aliphatic carbocycles. The molecule has 0 aromatic heterocycles. The minimum absolute atomic E-state index is 0.0364. The summed E-state index contributed by atoms with van der Waals surface area (Å²) in [7, 11) is 3.44. The average Bonchev–Trinajstić information content (AvgIpc) is 2.59. The van der Waals surface area contributed by atoms with Crippen LogP contribution in [0.4, 0.5) is 4.79 Å². The Morgan fingerprint density at radius 2 is 1.56 bits per heavy atom. The molecule has 25 heavy (non-hydrogen) atoms. The van der Waals surface area contributed by atoms with Gasteiger partial charge in [0.15, 0.2) is 0 Å². The smallest absolute Gasteiger partial charge is 0.315 e. The molecular weight excluding hydrogens is 314 g/mol. The van der Waals surface area contributed by atoms with Crippen LogP contribution >= 0.6 is 0 Å². The van der Waals surface area contributed by atoms with E-state index in [2.05, 4.69) is 16.7 Å². The summed E-state index contributed by atoms with van der Waals surface area (Å²) in [4.78, 5) is 25.3. The Balaban J connectivity index is 1.82. The number of hydrogen-bond donors (Lipinski definition) is 2. The summed E-state index contributed by atoms with van der Waals surface area (Å²) in [6, 6.07) is 13.2. The van der Waals surface area contributed by atoms with Gasteiger partial charge in [-0.05, 0) is 42.7 Å². The van der Waals surface area contributed by atoms with Crippen molar-refractivity contribution in [3.63, 3.8) is 0 Å². The van der Waals surface area contributed by atoms with Crippen molar-refractivity contribution in [2.45, 2.75) is 26.9 Å². The Kier molecular flexibility index (Phi) is 6.17. The Hall–Kier alpha value is -2.82. The molecule has 0 saturated carbocycles. The highest BCUT2D eigenvalue weighted by molar-refractivity contribution is 5.93. The van der Waals surface area contributed by atoms with Crippen molar-refractivity contribution < 1.29 is 9.59 Å². The molecule has 0 bridgehead atoms. The summed E-state index contributed by atoms with van der Waals surface area (Å²) in [5.41, 5.74) is 5.06. The molecule has 5 nitrogen and oxygen atoms in total. The quantitative estimate of drug-likeness (QED) is 0.880. The highest BCUT2D eigenvalue weighted by Gasteiger charge is 2.08. The summed E-state index contributed by atoms with van der Waals surface area (Å²) in [6.45, 7) is 5.00. The molecule has 0 unspecified atom stereocenters. The summed E-state index contributed by atoms with van der Waals surface area (Å²) in [5, 5.41) is 5.69. The molecule has 2 N–H and O–H groups in total. The second-order valence-electron chi connectivity index (χ2n) is 6.36. The van der Waals surface area contributed by atoms with E-state index in [0.29, 0.717) is 18.7 Å². The van der Waals surface area contributed by atoms with Gasteiger partial charge >= 0.3 is 6.03 Å². The van der Waals surface area contributed by atoms with Crippen LogP contribution in [0.2, 0.25) is 0 Å². The summed E-state index contributed by atoms with van der Waals surface area (Å²) in [5.74, 6) is -0.0364. The van der Waals surface area contributed by atoms with Crippen molar-refractivity contribution in [1.82, 2.24) is 15.5 Å². The molecule has 5 heteroatoms. The molecule has 132 valence electrons. The van der Waals surface area contributed by atoms with Crippen molar-refractivity contribution in [2.75, 3.05) is 14.1 Å². The number of benzene rings is 2. The second-order valence-corrected chi connectivity index (χ2v) is 6.36. The fourth-order valence-corrected chi connectivity index (χ4v) is 2.49. The molecule has 0 heterocycles. The molecule has 0 atom stereocenters. The number of aryl methyl sites for hydroxylation is 2. The van der Waals surface area contributed by atoms with Gasteiger partial charge in [-0.1, -0.05) is 35.9 Å². The SMILES string of the molecule is Cc1ccc(CNC(=O)NCc2ccc(C(=O)N(C)C)cc2)c(C)c1. The van der Waals surface area contributed by atoms with E-state index in [4.69, 9.17) is 0 Å². The molecule has 0 radical (unpaired) electrons. The van der Waals surface area contributed by atoms with Crippen molar-refractivity contribution >= 4 is 11.9 Å². The fourth-order valence-electron chi connectivity index (χ4n) is 2.49. The zero-order valence-electron chi connectivity index (χ0n) is 15.2. The van der Waals surface area contributed by atoms with Crippen LogP contribution in [0.5, 0.6) is 0 Å². The number of rotatable bonds is 5. The van der Waals surface area contributed by atoms with Gasteiger partial charge in [-0.3, -0.25) is 4.79 Å². The first kappa shape index (κ1) is 18.5. The minimum atomic E-state index is -0.214. The fraction of sp³-hybridized carbons (Fsp3) is 0.300. The number of nitrogens with one attached hydrogen (secondary N) is 2. The van der Waals surface area contributed by atoms with Crippen molar-refractivity contribution in [2.24, 2.45) is 0 Å². The van der Waals surface area contributed by atoms with Crippen molar-refractivity contribution in [1.29, 1.82) is 0 Å². The van der Waals surface area contributed by atoms with E-state index in [1.807, 2.05) is 38.1 Å². The molecule has 3 amide bonds. The largest absolute Gasteiger partial charge is 0.345 e. The van der Waals surface area contributed by atoms with Crippen LogP contribution in [0.25, 0.3) is 0 Å². The number of nitrogens with zero attached hydrogens (tertiary/aromatic N) is 1. The highest BCUT2D eigenvalue weighted by atomic mass is 16.2. The van der Waals surface area contributed by atoms with E-state index in [1.54, 1.807) is 26.2 Å². The maximum absolute atomic E-state index is 11.9. The Morgan fingerprint density at radius 3 is 2.16 bits per heavy atom. The zero-order valence-corrected chi connectivity index (χ0v) is 15.2. The van der Waals surface area contributed by atoms with Crippen molar-refractivity contribution in [3.8, 4) is 0 Å². The van der Waals surface area contributed by atoms with Crippen LogP contribution < -0.4 is 10.6 Å². The van der Waals surface area contributed by atoms with Crippen molar-refractivity contribution in [3.05, 3.63) is 70.3 Å². The average molecular weight is 339 g/mol. The molecule has 0 spiro atoms. The molecular formula is C20H25N3O2. The first-order chi connectivity index (χ1) is 11.9. The zero-order chi connectivity index (χ0) is 18.4. The van der Waals surface area contributed by atoms with Gasteiger partial charge in [-0.2, -0.15) is 0 Å². The topological polar surface area (TPSA) is 61.4 Å². The van der Waals surface area contributed by atoms with Crippen LogP contribution in [-0.4, -0.2) is 30.9 Å². The van der Waals surface area contributed by atoms with Gasteiger partial charge in [0.05, 0.1) is 0 Å². The predicted molar refractivity (Wildman–Crippen MR) is 99.5 cm³/mol. The third kappa shape index (κ3) is 5.35. The number of amides is 3. The van der Waals surface area contributed by atoms with E-state index in [0.717, 1.165) is 11.1 Å². The highest BCUT2D eigenvalue weighted by Crippen LogP contribution is 2.10. The molecule has 2 aromatic rings. The number of carbonyl (C=O) groups excluding carboxylic acids is 2. The molecule has 0 aliphatic heterocycles. The van der Waals surface area contributed by atoms with Gasteiger partial charge in [-0.25, -0.2) is 4.79 Å². The van der Waals surface area contributed by atoms with Crippen LogP contribution in [0.1, 0.15) is 32.6 Å². The molecule has 2 aromatic carbocycles. The molecule has 0 fully saturated rings. The standard InChI is InChI=1S/C20H25N3O2/c1-14-5-8-18(15(2)11-14)13-22-20(25)21-12-16-6-9-17(10-7-16)19(24)23(3)4/h5-11H,12-13H2,1-4H3,(H2,21,22,25). The van der Waals surface area contributed by atoms with Crippen LogP contribution in [0, 0.1) is 13.8 Å². The van der Waals surface area contributed by atoms with Gasteiger partial charge in [0, 0.05) is 32.7 Å². The third-order valence-electron chi connectivity index (χ3n) is 4.00. The summed E-state index contributed by atoms with van der Waals surface area (Å²) in [6.07, 6.45) is 0. The first-order valence-electron chi connectivity index (χ1n) is 8.25. The number of carbonyl (C=O) groups is 2. The van der Waals surface area contributed by atoms with Crippen LogP contribution in [-0.2, 0) is 13.1 Å². The number of hydrogen-bond acceptors (Lipinski definition) is 2. The summed E-state index contributed by atoms with van der Waals surface area (Å²) < 4.78 is 0. The Labute approximate surface area is 149 Å². The van der Waals surface area contributed by atoms with E-state index in [-0.39, 0.29) is 11.9 Å². The molecule has 0 saturated heterocycles. The normalized spacial score (nSPS) is 10.2. The first-order valence-corrected chi connectivity index (χ1v) is 8.25. The van der Waals surface area contributed by atoms with E-state index < -0.39 is 0 Å². The number of urea groups is 1. The van der Waals surface area contributed by atoms with Crippen LogP contribution in [0.3, 0.4) is 0 Å². The maximum Gasteiger partial charge on any atom is 0.315 e. The van der Waals surface area contributed by atoms with Gasteiger partial charge < -0.3 is 15.5 Å². The van der Waals surface area contributed by atoms with E-state index >= 15 is 0 Å².